The van der Waals surface area contributed by atoms with Gasteiger partial charge in [0.05, 0.1) is 34.6 Å². The third-order valence-electron chi connectivity index (χ3n) is 5.83. The predicted octanol–water partition coefficient (Wildman–Crippen LogP) is 6.12. The maximum Gasteiger partial charge on any atom is 0.326 e. The highest BCUT2D eigenvalue weighted by Gasteiger charge is 2.29. The highest BCUT2D eigenvalue weighted by Crippen LogP contribution is 2.30. The van der Waals surface area contributed by atoms with E-state index < -0.39 is 22.5 Å². The van der Waals surface area contributed by atoms with Crippen LogP contribution in [0.15, 0.2) is 78.0 Å². The number of hydrogen-bond acceptors (Lipinski definition) is 5. The molecule has 0 fully saturated rings. The van der Waals surface area contributed by atoms with Crippen molar-refractivity contribution in [2.45, 2.75) is 37.6 Å². The highest BCUT2D eigenvalue weighted by molar-refractivity contribution is 7.92. The quantitative estimate of drug-likeness (QED) is 0.163. The third-order valence-corrected chi connectivity index (χ3v) is 8.02. The van der Waals surface area contributed by atoms with Crippen molar-refractivity contribution in [2.24, 2.45) is 0 Å². The number of halogens is 2. The van der Waals surface area contributed by atoms with E-state index >= 15 is 0 Å². The summed E-state index contributed by atoms with van der Waals surface area (Å²) in [4.78, 5) is 17.0. The Kier molecular flexibility index (Phi) is 8.74. The number of esters is 1. The number of carbonyl (C=O) groups is 1. The fourth-order valence-electron chi connectivity index (χ4n) is 3.89. The minimum absolute atomic E-state index is 0.121. The molecule has 0 aliphatic heterocycles. The summed E-state index contributed by atoms with van der Waals surface area (Å²) in [6.07, 6.45) is 4.05. The van der Waals surface area contributed by atoms with Crippen LogP contribution in [0.2, 0.25) is 10.0 Å². The number of fused-ring (bicyclic) bond motifs is 1. The number of carbonyl (C=O) groups excluding carboxylic acids is 1. The SMILES string of the molecule is CCCCOC(=O)CN(c1ccc2ncn(CCc3ccccc3)c2c1)S(=O)(=O)c1cc(Cl)cc(Cl)c1. The fraction of sp³-hybridized carbons (Fsp3) is 0.259. The van der Waals surface area contributed by atoms with Gasteiger partial charge >= 0.3 is 5.97 Å². The molecule has 0 aliphatic rings. The molecule has 4 rings (SSSR count). The van der Waals surface area contributed by atoms with Crippen LogP contribution in [0.25, 0.3) is 11.0 Å². The Morgan fingerprint density at radius 3 is 2.46 bits per heavy atom. The first-order valence-electron chi connectivity index (χ1n) is 11.9. The summed E-state index contributed by atoms with van der Waals surface area (Å²) in [7, 11) is -4.21. The van der Waals surface area contributed by atoms with E-state index in [0.29, 0.717) is 24.2 Å². The lowest BCUT2D eigenvalue weighted by Crippen LogP contribution is -2.36. The normalized spacial score (nSPS) is 11.5. The Labute approximate surface area is 226 Å². The molecule has 0 bridgehead atoms. The van der Waals surface area contributed by atoms with Crippen LogP contribution in [-0.2, 0) is 32.5 Å². The first-order chi connectivity index (χ1) is 17.8. The van der Waals surface area contributed by atoms with Crippen LogP contribution in [0.5, 0.6) is 0 Å². The van der Waals surface area contributed by atoms with Crippen molar-refractivity contribution >= 4 is 55.9 Å². The van der Waals surface area contributed by atoms with Gasteiger partial charge in [0.1, 0.15) is 6.54 Å². The first kappa shape index (κ1) is 27.0. The maximum absolute atomic E-state index is 13.8. The van der Waals surface area contributed by atoms with Crippen molar-refractivity contribution in [2.75, 3.05) is 17.5 Å². The van der Waals surface area contributed by atoms with E-state index in [0.717, 1.165) is 22.7 Å². The van der Waals surface area contributed by atoms with E-state index in [4.69, 9.17) is 27.9 Å². The van der Waals surface area contributed by atoms with Gasteiger partial charge < -0.3 is 9.30 Å². The van der Waals surface area contributed by atoms with Gasteiger partial charge in [0.2, 0.25) is 0 Å². The molecule has 1 aromatic heterocycles. The van der Waals surface area contributed by atoms with Crippen LogP contribution in [-0.4, -0.2) is 37.1 Å². The molecular weight excluding hydrogens is 533 g/mol. The minimum atomic E-state index is -4.21. The number of unbranched alkanes of at least 4 members (excludes halogenated alkanes) is 1. The van der Waals surface area contributed by atoms with Gasteiger partial charge in [-0.25, -0.2) is 13.4 Å². The van der Waals surface area contributed by atoms with Crippen molar-refractivity contribution in [1.82, 2.24) is 9.55 Å². The molecule has 0 saturated carbocycles. The maximum atomic E-state index is 13.8. The second-order valence-corrected chi connectivity index (χ2v) is 11.3. The molecule has 0 N–H and O–H groups in total. The number of nitrogens with zero attached hydrogens (tertiary/aromatic N) is 3. The van der Waals surface area contributed by atoms with Crippen LogP contribution < -0.4 is 4.31 Å². The Morgan fingerprint density at radius 2 is 1.76 bits per heavy atom. The van der Waals surface area contributed by atoms with Gasteiger partial charge in [-0.3, -0.25) is 9.10 Å². The highest BCUT2D eigenvalue weighted by atomic mass is 35.5. The lowest BCUT2D eigenvalue weighted by Gasteiger charge is -2.24. The van der Waals surface area contributed by atoms with Gasteiger partial charge in [-0.05, 0) is 54.8 Å². The number of benzene rings is 3. The molecule has 0 atom stereocenters. The molecule has 10 heteroatoms. The molecule has 0 unspecified atom stereocenters. The first-order valence-corrected chi connectivity index (χ1v) is 14.1. The van der Waals surface area contributed by atoms with Crippen molar-refractivity contribution in [3.8, 4) is 0 Å². The molecule has 7 nitrogen and oxygen atoms in total. The summed E-state index contributed by atoms with van der Waals surface area (Å²) >= 11 is 12.2. The van der Waals surface area contributed by atoms with Gasteiger partial charge in [-0.15, -0.1) is 0 Å². The summed E-state index contributed by atoms with van der Waals surface area (Å²) in [5, 5.41) is 0.344. The van der Waals surface area contributed by atoms with E-state index in [-0.39, 0.29) is 21.5 Å². The Bertz CT molecular complexity index is 1470. The van der Waals surface area contributed by atoms with Crippen LogP contribution in [0.1, 0.15) is 25.3 Å². The average Bonchev–Trinajstić information content (AvgIpc) is 3.28. The minimum Gasteiger partial charge on any atom is -0.464 e. The topological polar surface area (TPSA) is 81.5 Å². The van der Waals surface area contributed by atoms with Crippen molar-refractivity contribution in [3.63, 3.8) is 0 Å². The number of imidazole rings is 1. The fourth-order valence-corrected chi connectivity index (χ4v) is 6.01. The zero-order valence-electron chi connectivity index (χ0n) is 20.3. The summed E-state index contributed by atoms with van der Waals surface area (Å²) in [5.74, 6) is -0.650. The molecular formula is C27H27Cl2N3O4S. The molecule has 194 valence electrons. The Morgan fingerprint density at radius 1 is 1.03 bits per heavy atom. The number of hydrogen-bond donors (Lipinski definition) is 0. The van der Waals surface area contributed by atoms with Gasteiger partial charge in [0, 0.05) is 16.6 Å². The van der Waals surface area contributed by atoms with E-state index in [9.17, 15) is 13.2 Å². The second kappa shape index (κ2) is 12.0. The molecule has 4 aromatic rings. The van der Waals surface area contributed by atoms with Crippen LogP contribution >= 0.6 is 23.2 Å². The smallest absolute Gasteiger partial charge is 0.326 e. The van der Waals surface area contributed by atoms with E-state index in [1.807, 2.05) is 29.7 Å². The summed E-state index contributed by atoms with van der Waals surface area (Å²) in [6, 6.07) is 19.2. The van der Waals surface area contributed by atoms with Crippen LogP contribution in [0.3, 0.4) is 0 Å². The zero-order valence-corrected chi connectivity index (χ0v) is 22.6. The van der Waals surface area contributed by atoms with Gasteiger partial charge in [-0.1, -0.05) is 66.9 Å². The second-order valence-electron chi connectivity index (χ2n) is 8.54. The van der Waals surface area contributed by atoms with Gasteiger partial charge in [0.25, 0.3) is 10.0 Å². The van der Waals surface area contributed by atoms with Gasteiger partial charge in [-0.2, -0.15) is 0 Å². The Hall–Kier alpha value is -3.07. The number of rotatable bonds is 11. The molecule has 0 amide bonds. The van der Waals surface area contributed by atoms with E-state index in [1.54, 1.807) is 24.5 Å². The third kappa shape index (κ3) is 6.63. The Balaban J connectivity index is 1.71. The van der Waals surface area contributed by atoms with Crippen LogP contribution in [0, 0.1) is 0 Å². The molecule has 0 saturated heterocycles. The van der Waals surface area contributed by atoms with E-state index in [1.165, 1.54) is 23.8 Å². The monoisotopic (exact) mass is 559 g/mol. The van der Waals surface area contributed by atoms with E-state index in [2.05, 4.69) is 17.1 Å². The lowest BCUT2D eigenvalue weighted by atomic mass is 10.1. The number of aryl methyl sites for hydroxylation is 2. The van der Waals surface area contributed by atoms with Gasteiger partial charge in [0.15, 0.2) is 0 Å². The lowest BCUT2D eigenvalue weighted by molar-refractivity contribution is -0.141. The molecule has 0 spiro atoms. The molecule has 37 heavy (non-hydrogen) atoms. The number of ether oxygens (including phenoxy) is 1. The average molecular weight is 561 g/mol. The summed E-state index contributed by atoms with van der Waals surface area (Å²) in [6.45, 7) is 2.35. The largest absolute Gasteiger partial charge is 0.464 e. The number of anilines is 1. The predicted molar refractivity (Wildman–Crippen MR) is 147 cm³/mol. The number of aromatic nitrogens is 2. The summed E-state index contributed by atoms with van der Waals surface area (Å²) in [5.41, 5.74) is 2.94. The summed E-state index contributed by atoms with van der Waals surface area (Å²) < 4.78 is 35.8. The molecule has 0 radical (unpaired) electrons. The molecule has 3 aromatic carbocycles. The molecule has 0 aliphatic carbocycles. The van der Waals surface area contributed by atoms with Crippen molar-refractivity contribution < 1.29 is 17.9 Å². The standard InChI is InChI=1S/C27H27Cl2N3O4S/c1-2-3-13-36-27(33)18-32(37(34,35)24-15-21(28)14-22(29)16-24)23-9-10-25-26(17-23)31(19-30-25)12-11-20-7-5-4-6-8-20/h4-10,14-17,19H,2-3,11-13,18H2,1H3. The van der Waals surface area contributed by atoms with Crippen LogP contribution in [0.4, 0.5) is 5.69 Å². The zero-order chi connectivity index (χ0) is 26.4. The molecule has 1 heterocycles. The number of sulfonamides is 1. The van der Waals surface area contributed by atoms with Crippen molar-refractivity contribution in [3.05, 3.63) is 88.7 Å². The van der Waals surface area contributed by atoms with Crippen molar-refractivity contribution in [1.29, 1.82) is 0 Å².